The van der Waals surface area contributed by atoms with Crippen LogP contribution in [0.3, 0.4) is 0 Å². The first kappa shape index (κ1) is 20.6. The predicted octanol–water partition coefficient (Wildman–Crippen LogP) is 3.26. The zero-order chi connectivity index (χ0) is 15.7. The molecule has 130 valence electrons. The molecule has 0 heterocycles. The summed E-state index contributed by atoms with van der Waals surface area (Å²) in [5.41, 5.74) is -0.582. The van der Waals surface area contributed by atoms with Gasteiger partial charge in [-0.1, -0.05) is 31.0 Å². The SMILES string of the molecule is CCNC(=NCC1(O)CCCC1)NCCSc1ccccc1.I. The van der Waals surface area contributed by atoms with Crippen LogP contribution in [0, 0.1) is 0 Å². The van der Waals surface area contributed by atoms with E-state index in [0.29, 0.717) is 6.54 Å². The summed E-state index contributed by atoms with van der Waals surface area (Å²) in [4.78, 5) is 5.83. The van der Waals surface area contributed by atoms with Crippen LogP contribution in [0.2, 0.25) is 0 Å². The van der Waals surface area contributed by atoms with Gasteiger partial charge in [-0.25, -0.2) is 0 Å². The molecule has 1 aromatic rings. The number of guanidine groups is 1. The highest BCUT2D eigenvalue weighted by atomic mass is 127. The number of benzene rings is 1. The van der Waals surface area contributed by atoms with E-state index < -0.39 is 5.60 Å². The lowest BCUT2D eigenvalue weighted by Crippen LogP contribution is -2.40. The van der Waals surface area contributed by atoms with Gasteiger partial charge in [-0.15, -0.1) is 35.7 Å². The van der Waals surface area contributed by atoms with Crippen LogP contribution in [-0.4, -0.2) is 42.1 Å². The maximum absolute atomic E-state index is 10.4. The highest BCUT2D eigenvalue weighted by molar-refractivity contribution is 14.0. The van der Waals surface area contributed by atoms with Crippen LogP contribution in [0.4, 0.5) is 0 Å². The van der Waals surface area contributed by atoms with Crippen molar-refractivity contribution < 1.29 is 5.11 Å². The molecule has 0 atom stereocenters. The summed E-state index contributed by atoms with van der Waals surface area (Å²) in [6.45, 7) is 4.23. The van der Waals surface area contributed by atoms with Gasteiger partial charge < -0.3 is 15.7 Å². The Kier molecular flexibility index (Phi) is 9.97. The Bertz CT molecular complexity index is 464. The summed E-state index contributed by atoms with van der Waals surface area (Å²) in [6.07, 6.45) is 3.98. The van der Waals surface area contributed by atoms with E-state index >= 15 is 0 Å². The van der Waals surface area contributed by atoms with E-state index in [0.717, 1.165) is 50.5 Å². The summed E-state index contributed by atoms with van der Waals surface area (Å²) in [5, 5.41) is 16.9. The molecule has 0 aromatic heterocycles. The van der Waals surface area contributed by atoms with Crippen molar-refractivity contribution in [3.8, 4) is 0 Å². The van der Waals surface area contributed by atoms with E-state index in [9.17, 15) is 5.11 Å². The van der Waals surface area contributed by atoms with Gasteiger partial charge >= 0.3 is 0 Å². The molecule has 6 heteroatoms. The van der Waals surface area contributed by atoms with Crippen LogP contribution in [0.5, 0.6) is 0 Å². The molecular weight excluding hydrogens is 421 g/mol. The Morgan fingerprint density at radius 1 is 1.22 bits per heavy atom. The van der Waals surface area contributed by atoms with Crippen molar-refractivity contribution in [2.45, 2.75) is 43.1 Å². The summed E-state index contributed by atoms with van der Waals surface area (Å²) in [7, 11) is 0. The smallest absolute Gasteiger partial charge is 0.191 e. The van der Waals surface area contributed by atoms with Gasteiger partial charge in [-0.3, -0.25) is 4.99 Å². The number of halogens is 1. The van der Waals surface area contributed by atoms with E-state index in [4.69, 9.17) is 0 Å². The van der Waals surface area contributed by atoms with Crippen LogP contribution >= 0.6 is 35.7 Å². The monoisotopic (exact) mass is 449 g/mol. The lowest BCUT2D eigenvalue weighted by Gasteiger charge is -2.20. The lowest BCUT2D eigenvalue weighted by atomic mass is 10.0. The number of thioether (sulfide) groups is 1. The average Bonchev–Trinajstić information content (AvgIpc) is 2.97. The van der Waals surface area contributed by atoms with Gasteiger partial charge in [0.15, 0.2) is 5.96 Å². The fourth-order valence-electron chi connectivity index (χ4n) is 2.61. The number of nitrogens with one attached hydrogen (secondary N) is 2. The van der Waals surface area contributed by atoms with Crippen molar-refractivity contribution in [3.63, 3.8) is 0 Å². The largest absolute Gasteiger partial charge is 0.388 e. The Labute approximate surface area is 160 Å². The molecule has 0 spiro atoms. The maximum Gasteiger partial charge on any atom is 0.191 e. The maximum atomic E-state index is 10.4. The molecule has 1 aromatic carbocycles. The van der Waals surface area contributed by atoms with Crippen LogP contribution in [0.25, 0.3) is 0 Å². The molecule has 0 saturated heterocycles. The second kappa shape index (κ2) is 11.1. The van der Waals surface area contributed by atoms with E-state index in [2.05, 4.69) is 46.8 Å². The number of hydrogen-bond donors (Lipinski definition) is 3. The Hall–Kier alpha value is -0.470. The van der Waals surface area contributed by atoms with E-state index in [1.807, 2.05) is 17.8 Å². The molecule has 2 rings (SSSR count). The third-order valence-corrected chi connectivity index (χ3v) is 4.83. The van der Waals surface area contributed by atoms with Gasteiger partial charge in [0, 0.05) is 23.7 Å². The molecule has 1 aliphatic rings. The number of aliphatic hydroxyl groups is 1. The van der Waals surface area contributed by atoms with Crippen LogP contribution in [0.1, 0.15) is 32.6 Å². The first-order valence-electron chi connectivity index (χ1n) is 8.14. The molecule has 0 aliphatic heterocycles. The minimum atomic E-state index is -0.582. The number of hydrogen-bond acceptors (Lipinski definition) is 3. The van der Waals surface area contributed by atoms with Crippen LogP contribution in [-0.2, 0) is 0 Å². The number of rotatable bonds is 7. The van der Waals surface area contributed by atoms with Gasteiger partial charge in [0.05, 0.1) is 12.1 Å². The molecule has 1 saturated carbocycles. The topological polar surface area (TPSA) is 56.7 Å². The standard InChI is InChI=1S/C17H27N3OS.HI/c1-2-18-16(20-14-17(21)10-6-7-11-17)19-12-13-22-15-8-4-3-5-9-15;/h3-5,8-9,21H,2,6-7,10-14H2,1H3,(H2,18,19,20);1H. The van der Waals surface area contributed by atoms with Crippen molar-refractivity contribution in [2.24, 2.45) is 4.99 Å². The van der Waals surface area contributed by atoms with Gasteiger partial charge in [0.25, 0.3) is 0 Å². The Morgan fingerprint density at radius 2 is 1.91 bits per heavy atom. The minimum Gasteiger partial charge on any atom is -0.388 e. The van der Waals surface area contributed by atoms with Gasteiger partial charge in [-0.2, -0.15) is 0 Å². The van der Waals surface area contributed by atoms with Gasteiger partial charge in [0.1, 0.15) is 0 Å². The lowest BCUT2D eigenvalue weighted by molar-refractivity contribution is 0.0574. The van der Waals surface area contributed by atoms with Crippen molar-refractivity contribution in [2.75, 3.05) is 25.4 Å². The zero-order valence-electron chi connectivity index (χ0n) is 13.8. The van der Waals surface area contributed by atoms with Crippen molar-refractivity contribution in [1.29, 1.82) is 0 Å². The van der Waals surface area contributed by atoms with E-state index in [-0.39, 0.29) is 24.0 Å². The van der Waals surface area contributed by atoms with Gasteiger partial charge in [0.2, 0.25) is 0 Å². The Morgan fingerprint density at radius 3 is 2.57 bits per heavy atom. The number of nitrogens with zero attached hydrogens (tertiary/aromatic N) is 1. The molecule has 23 heavy (non-hydrogen) atoms. The zero-order valence-corrected chi connectivity index (χ0v) is 16.9. The van der Waals surface area contributed by atoms with Crippen LogP contribution in [0.15, 0.2) is 40.2 Å². The molecule has 1 fully saturated rings. The minimum absolute atomic E-state index is 0. The van der Waals surface area contributed by atoms with Crippen molar-refractivity contribution in [3.05, 3.63) is 30.3 Å². The summed E-state index contributed by atoms with van der Waals surface area (Å²) in [6, 6.07) is 10.4. The predicted molar refractivity (Wildman–Crippen MR) is 110 cm³/mol. The van der Waals surface area contributed by atoms with Crippen molar-refractivity contribution in [1.82, 2.24) is 10.6 Å². The van der Waals surface area contributed by atoms with Gasteiger partial charge in [-0.05, 0) is 31.9 Å². The molecule has 0 amide bonds. The second-order valence-corrected chi connectivity index (χ2v) is 6.88. The van der Waals surface area contributed by atoms with Crippen LogP contribution < -0.4 is 10.6 Å². The highest BCUT2D eigenvalue weighted by Crippen LogP contribution is 2.29. The molecule has 0 unspecified atom stereocenters. The molecule has 4 nitrogen and oxygen atoms in total. The second-order valence-electron chi connectivity index (χ2n) is 5.71. The molecule has 3 N–H and O–H groups in total. The molecular formula is C17H28IN3OS. The number of aliphatic imine (C=N–C) groups is 1. The molecule has 0 bridgehead atoms. The third kappa shape index (κ3) is 7.76. The fraction of sp³-hybridized carbons (Fsp3) is 0.588. The summed E-state index contributed by atoms with van der Waals surface area (Å²) < 4.78 is 0. The van der Waals surface area contributed by atoms with E-state index in [1.54, 1.807) is 0 Å². The first-order chi connectivity index (χ1) is 10.7. The average molecular weight is 449 g/mol. The summed E-state index contributed by atoms with van der Waals surface area (Å²) >= 11 is 1.83. The third-order valence-electron chi connectivity index (χ3n) is 3.82. The normalized spacial score (nSPS) is 16.7. The summed E-state index contributed by atoms with van der Waals surface area (Å²) in [5.74, 6) is 1.79. The Balaban J connectivity index is 0.00000264. The highest BCUT2D eigenvalue weighted by Gasteiger charge is 2.30. The first-order valence-corrected chi connectivity index (χ1v) is 9.13. The van der Waals surface area contributed by atoms with Crippen molar-refractivity contribution >= 4 is 41.7 Å². The quantitative estimate of drug-likeness (QED) is 0.197. The molecule has 0 radical (unpaired) electrons. The molecule has 1 aliphatic carbocycles. The van der Waals surface area contributed by atoms with E-state index in [1.165, 1.54) is 4.90 Å². The fourth-order valence-corrected chi connectivity index (χ4v) is 3.40.